The Morgan fingerprint density at radius 2 is 1.87 bits per heavy atom. The molecule has 1 aromatic carbocycles. The van der Waals surface area contributed by atoms with E-state index in [-0.39, 0.29) is 5.91 Å². The first-order chi connectivity index (χ1) is 15.0. The summed E-state index contributed by atoms with van der Waals surface area (Å²) in [6.07, 6.45) is 7.50. The monoisotopic (exact) mass is 418 g/mol. The molecular formula is C23H26N6O2. The number of aryl methyl sites for hydroxylation is 1. The van der Waals surface area contributed by atoms with E-state index in [2.05, 4.69) is 37.4 Å². The van der Waals surface area contributed by atoms with E-state index in [1.807, 2.05) is 38.1 Å². The van der Waals surface area contributed by atoms with Crippen LogP contribution in [0.1, 0.15) is 55.9 Å². The second-order valence-corrected chi connectivity index (χ2v) is 7.96. The van der Waals surface area contributed by atoms with Gasteiger partial charge in [-0.3, -0.25) is 9.89 Å². The van der Waals surface area contributed by atoms with Crippen molar-refractivity contribution in [3.63, 3.8) is 0 Å². The van der Waals surface area contributed by atoms with Crippen LogP contribution in [0.3, 0.4) is 0 Å². The van der Waals surface area contributed by atoms with Gasteiger partial charge in [-0.1, -0.05) is 25.5 Å². The maximum Gasteiger partial charge on any atom is 0.256 e. The smallest absolute Gasteiger partial charge is 0.256 e. The van der Waals surface area contributed by atoms with Crippen molar-refractivity contribution in [2.45, 2.75) is 45.6 Å². The molecule has 1 aliphatic heterocycles. The Hall–Kier alpha value is -3.55. The van der Waals surface area contributed by atoms with Crippen LogP contribution in [-0.4, -0.2) is 37.7 Å². The Morgan fingerprint density at radius 1 is 1.13 bits per heavy atom. The summed E-state index contributed by atoms with van der Waals surface area (Å²) in [5, 5.41) is 9.85. The van der Waals surface area contributed by atoms with E-state index in [1.165, 1.54) is 6.33 Å². The minimum absolute atomic E-state index is 0.243. The number of carbonyl (C=O) groups is 1. The fraction of sp³-hybridized carbons (Fsp3) is 0.348. The van der Waals surface area contributed by atoms with Crippen molar-refractivity contribution >= 4 is 17.1 Å². The molecule has 160 valence electrons. The molecule has 0 aliphatic carbocycles. The van der Waals surface area contributed by atoms with E-state index < -0.39 is 5.54 Å². The first-order valence-electron chi connectivity index (χ1n) is 10.4. The van der Waals surface area contributed by atoms with Gasteiger partial charge < -0.3 is 10.1 Å². The van der Waals surface area contributed by atoms with Crippen molar-refractivity contribution in [3.8, 4) is 5.75 Å². The van der Waals surface area contributed by atoms with Gasteiger partial charge in [-0.2, -0.15) is 5.10 Å². The Bertz CT molecular complexity index is 1070. The molecule has 4 rings (SSSR count). The van der Waals surface area contributed by atoms with Gasteiger partial charge in [0, 0.05) is 24.4 Å². The number of aromatic nitrogens is 5. The Morgan fingerprint density at radius 3 is 2.52 bits per heavy atom. The van der Waals surface area contributed by atoms with Crippen molar-refractivity contribution in [2.75, 3.05) is 6.61 Å². The number of rotatable bonds is 7. The lowest BCUT2D eigenvalue weighted by Gasteiger charge is -2.36. The number of H-pyrrole nitrogens is 1. The molecule has 0 saturated heterocycles. The molecule has 2 aromatic heterocycles. The molecule has 0 saturated carbocycles. The van der Waals surface area contributed by atoms with Crippen LogP contribution in [0.5, 0.6) is 5.75 Å². The number of nitrogens with one attached hydrogen (secondary N) is 2. The molecule has 2 N–H and O–H groups in total. The molecule has 1 unspecified atom stereocenters. The molecule has 0 radical (unpaired) electrons. The van der Waals surface area contributed by atoms with Crippen LogP contribution < -0.4 is 10.1 Å². The summed E-state index contributed by atoms with van der Waals surface area (Å²) in [5.74, 6) is 1.49. The number of amides is 1. The quantitative estimate of drug-likeness (QED) is 0.570. The van der Waals surface area contributed by atoms with Crippen LogP contribution in [0, 0.1) is 6.92 Å². The summed E-state index contributed by atoms with van der Waals surface area (Å²) in [6.45, 7) is 6.76. The lowest BCUT2D eigenvalue weighted by atomic mass is 9.80. The molecule has 0 fully saturated rings. The summed E-state index contributed by atoms with van der Waals surface area (Å²) < 4.78 is 5.77. The van der Waals surface area contributed by atoms with Gasteiger partial charge in [0.05, 0.1) is 17.7 Å². The third-order valence-electron chi connectivity index (χ3n) is 5.41. The van der Waals surface area contributed by atoms with Gasteiger partial charge in [0.2, 0.25) is 0 Å². The number of carbonyl (C=O) groups excluding carboxylic acids is 1. The Balaban J connectivity index is 1.70. The van der Waals surface area contributed by atoms with E-state index in [1.54, 1.807) is 12.4 Å². The van der Waals surface area contributed by atoms with Crippen LogP contribution in [0.2, 0.25) is 0 Å². The van der Waals surface area contributed by atoms with E-state index in [0.717, 1.165) is 35.3 Å². The molecule has 8 heteroatoms. The number of ether oxygens (including phenoxy) is 1. The summed E-state index contributed by atoms with van der Waals surface area (Å²) in [4.78, 5) is 26.4. The number of hydrogen-bond acceptors (Lipinski definition) is 6. The highest BCUT2D eigenvalue weighted by molar-refractivity contribution is 6.27. The minimum atomic E-state index is -0.633. The summed E-state index contributed by atoms with van der Waals surface area (Å²) in [6, 6.07) is 7.88. The fourth-order valence-corrected chi connectivity index (χ4v) is 3.68. The van der Waals surface area contributed by atoms with Crippen molar-refractivity contribution in [2.24, 2.45) is 0 Å². The van der Waals surface area contributed by atoms with Crippen molar-refractivity contribution in [1.29, 1.82) is 0 Å². The van der Waals surface area contributed by atoms with Crippen LogP contribution in [-0.2, 0) is 10.3 Å². The van der Waals surface area contributed by atoms with Gasteiger partial charge in [0.15, 0.2) is 11.6 Å². The normalized spacial score (nSPS) is 18.7. The van der Waals surface area contributed by atoms with Crippen molar-refractivity contribution in [1.82, 2.24) is 30.5 Å². The van der Waals surface area contributed by atoms with Crippen LogP contribution >= 0.6 is 0 Å². The molecule has 8 nitrogen and oxygen atoms in total. The highest BCUT2D eigenvalue weighted by atomic mass is 16.5. The molecule has 0 bridgehead atoms. The first kappa shape index (κ1) is 20.7. The average Bonchev–Trinajstić information content (AvgIpc) is 3.29. The summed E-state index contributed by atoms with van der Waals surface area (Å²) in [7, 11) is 0. The van der Waals surface area contributed by atoms with E-state index in [4.69, 9.17) is 4.74 Å². The van der Waals surface area contributed by atoms with Crippen molar-refractivity contribution in [3.05, 3.63) is 65.8 Å². The third-order valence-corrected chi connectivity index (χ3v) is 5.41. The van der Waals surface area contributed by atoms with Gasteiger partial charge >= 0.3 is 0 Å². The number of hydrogen-bond donors (Lipinski definition) is 2. The van der Waals surface area contributed by atoms with Crippen LogP contribution in [0.15, 0.2) is 43.0 Å². The Labute approximate surface area is 181 Å². The van der Waals surface area contributed by atoms with Gasteiger partial charge in [0.1, 0.15) is 12.1 Å². The highest BCUT2D eigenvalue weighted by Crippen LogP contribution is 2.40. The zero-order chi connectivity index (χ0) is 21.8. The number of benzene rings is 1. The van der Waals surface area contributed by atoms with E-state index >= 15 is 0 Å². The molecule has 31 heavy (non-hydrogen) atoms. The number of nitrogens with zero attached hydrogens (tertiary/aromatic N) is 4. The molecule has 0 spiro atoms. The second kappa shape index (κ2) is 8.67. The molecule has 1 aliphatic rings. The maximum absolute atomic E-state index is 13.2. The number of unbranched alkanes of at least 4 members (excludes halogenated alkanes) is 1. The van der Waals surface area contributed by atoms with Gasteiger partial charge in [0.25, 0.3) is 5.91 Å². The second-order valence-electron chi connectivity index (χ2n) is 7.96. The van der Waals surface area contributed by atoms with Gasteiger partial charge in [-0.15, -0.1) is 0 Å². The van der Waals surface area contributed by atoms with Crippen LogP contribution in [0.25, 0.3) is 11.1 Å². The lowest BCUT2D eigenvalue weighted by Crippen LogP contribution is -2.47. The average molecular weight is 419 g/mol. The first-order valence-corrected chi connectivity index (χ1v) is 10.4. The largest absolute Gasteiger partial charge is 0.494 e. The lowest BCUT2D eigenvalue weighted by molar-refractivity contribution is -0.117. The topological polar surface area (TPSA) is 106 Å². The van der Waals surface area contributed by atoms with E-state index in [0.29, 0.717) is 30.2 Å². The summed E-state index contributed by atoms with van der Waals surface area (Å²) >= 11 is 0. The standard InChI is InChI=1S/C23H26N6O2/c1-4-5-10-31-17-8-6-16(7-9-17)23(3)11-18(20-24-12-15(2)13-25-20)19(22(30)28-23)21-26-14-27-29-21/h6-9,12-14H,4-5,10-11H2,1-3H3,(H,28,30)(H,26,27,29). The zero-order valence-corrected chi connectivity index (χ0v) is 18.0. The van der Waals surface area contributed by atoms with Gasteiger partial charge in [-0.05, 0) is 43.5 Å². The van der Waals surface area contributed by atoms with Crippen LogP contribution in [0.4, 0.5) is 0 Å². The Kier molecular flexibility index (Phi) is 5.79. The van der Waals surface area contributed by atoms with Gasteiger partial charge in [-0.25, -0.2) is 15.0 Å². The molecule has 1 atom stereocenters. The van der Waals surface area contributed by atoms with Crippen molar-refractivity contribution < 1.29 is 9.53 Å². The summed E-state index contributed by atoms with van der Waals surface area (Å²) in [5.41, 5.74) is 2.44. The molecule has 3 heterocycles. The molecular weight excluding hydrogens is 392 g/mol. The number of aromatic amines is 1. The molecule has 1 amide bonds. The predicted molar refractivity (Wildman–Crippen MR) is 117 cm³/mol. The predicted octanol–water partition coefficient (Wildman–Crippen LogP) is 3.43. The maximum atomic E-state index is 13.2. The van der Waals surface area contributed by atoms with E-state index in [9.17, 15) is 4.79 Å². The zero-order valence-electron chi connectivity index (χ0n) is 18.0. The highest BCUT2D eigenvalue weighted by Gasteiger charge is 2.39. The minimum Gasteiger partial charge on any atom is -0.494 e. The fourth-order valence-electron chi connectivity index (χ4n) is 3.68. The molecule has 3 aromatic rings. The SMILES string of the molecule is CCCCOc1ccc(C2(C)CC(c3ncc(C)cn3)=C(c3ncn[nH]3)C(=O)N2)cc1. The third kappa shape index (κ3) is 4.33.